The molecule has 3 rings (SSSR count). The molecule has 1 aromatic heterocycles. The summed E-state index contributed by atoms with van der Waals surface area (Å²) < 4.78 is 5.36. The van der Waals surface area contributed by atoms with E-state index in [9.17, 15) is 0 Å². The van der Waals surface area contributed by atoms with E-state index in [1.54, 1.807) is 0 Å². The van der Waals surface area contributed by atoms with Crippen LogP contribution in [0.15, 0.2) is 34.9 Å². The van der Waals surface area contributed by atoms with Gasteiger partial charge < -0.3 is 10.3 Å². The lowest BCUT2D eigenvalue weighted by Crippen LogP contribution is -2.14. The highest BCUT2D eigenvalue weighted by atomic mass is 16.5. The Morgan fingerprint density at radius 1 is 1.30 bits per heavy atom. The van der Waals surface area contributed by atoms with Crippen molar-refractivity contribution >= 4 is 0 Å². The van der Waals surface area contributed by atoms with Crippen molar-refractivity contribution in [2.24, 2.45) is 11.7 Å². The Labute approximate surface area is 119 Å². The number of nitrogens with zero attached hydrogens (tertiary/aromatic N) is 2. The van der Waals surface area contributed by atoms with E-state index in [0.29, 0.717) is 11.8 Å². The molecule has 1 saturated carbocycles. The third-order valence-corrected chi connectivity index (χ3v) is 4.13. The van der Waals surface area contributed by atoms with Crippen molar-refractivity contribution in [2.75, 3.05) is 0 Å². The fraction of sp³-hybridized carbons (Fsp3) is 0.500. The van der Waals surface area contributed by atoms with E-state index in [0.717, 1.165) is 31.0 Å². The van der Waals surface area contributed by atoms with Crippen LogP contribution in [0.3, 0.4) is 0 Å². The smallest absolute Gasteiger partial charge is 0.243 e. The summed E-state index contributed by atoms with van der Waals surface area (Å²) in [7, 11) is 0. The van der Waals surface area contributed by atoms with Crippen LogP contribution in [0, 0.1) is 5.92 Å². The Morgan fingerprint density at radius 2 is 2.10 bits per heavy atom. The highest BCUT2D eigenvalue weighted by Crippen LogP contribution is 2.36. The topological polar surface area (TPSA) is 64.9 Å². The summed E-state index contributed by atoms with van der Waals surface area (Å²) in [4.78, 5) is 4.52. The number of aromatic nitrogens is 2. The molecule has 1 fully saturated rings. The average molecular weight is 271 g/mol. The van der Waals surface area contributed by atoms with Crippen molar-refractivity contribution in [1.82, 2.24) is 10.1 Å². The van der Waals surface area contributed by atoms with E-state index in [2.05, 4.69) is 29.2 Å². The number of rotatable bonds is 4. The van der Waals surface area contributed by atoms with E-state index in [1.165, 1.54) is 12.0 Å². The Hall–Kier alpha value is -1.68. The van der Waals surface area contributed by atoms with Gasteiger partial charge in [-0.05, 0) is 37.2 Å². The maximum atomic E-state index is 6.17. The van der Waals surface area contributed by atoms with Gasteiger partial charge in [0, 0.05) is 5.92 Å². The van der Waals surface area contributed by atoms with Crippen LogP contribution in [-0.4, -0.2) is 10.1 Å². The fourth-order valence-corrected chi connectivity index (χ4v) is 2.96. The highest BCUT2D eigenvalue weighted by molar-refractivity contribution is 5.17. The number of hydrogen-bond acceptors (Lipinski definition) is 4. The molecule has 20 heavy (non-hydrogen) atoms. The molecule has 4 heteroatoms. The maximum absolute atomic E-state index is 6.17. The van der Waals surface area contributed by atoms with Gasteiger partial charge in [-0.15, -0.1) is 0 Å². The van der Waals surface area contributed by atoms with Crippen molar-refractivity contribution in [3.8, 4) is 0 Å². The van der Waals surface area contributed by atoms with E-state index >= 15 is 0 Å². The van der Waals surface area contributed by atoms with Gasteiger partial charge in [0.25, 0.3) is 0 Å². The van der Waals surface area contributed by atoms with Crippen LogP contribution in [0.5, 0.6) is 0 Å². The van der Waals surface area contributed by atoms with Crippen molar-refractivity contribution in [3.63, 3.8) is 0 Å². The Bertz CT molecular complexity index is 552. The lowest BCUT2D eigenvalue weighted by Gasteiger charge is -2.06. The SMILES string of the molecule is CC1CCC(c2noc(C(N)Cc3ccccc3)n2)C1. The molecular weight excluding hydrogens is 250 g/mol. The van der Waals surface area contributed by atoms with Gasteiger partial charge in [0.15, 0.2) is 5.82 Å². The summed E-state index contributed by atoms with van der Waals surface area (Å²) >= 11 is 0. The van der Waals surface area contributed by atoms with Gasteiger partial charge in [0.05, 0.1) is 6.04 Å². The minimum atomic E-state index is -0.225. The van der Waals surface area contributed by atoms with Gasteiger partial charge in [-0.2, -0.15) is 4.98 Å². The average Bonchev–Trinajstić information content (AvgIpc) is 3.08. The normalized spacial score (nSPS) is 23.9. The molecule has 0 aliphatic heterocycles. The van der Waals surface area contributed by atoms with E-state index in [4.69, 9.17) is 10.3 Å². The molecule has 0 radical (unpaired) electrons. The van der Waals surface area contributed by atoms with Gasteiger partial charge >= 0.3 is 0 Å². The number of hydrogen-bond donors (Lipinski definition) is 1. The zero-order valence-electron chi connectivity index (χ0n) is 11.8. The predicted octanol–water partition coefficient (Wildman–Crippen LogP) is 3.22. The van der Waals surface area contributed by atoms with Gasteiger partial charge in [0.1, 0.15) is 0 Å². The highest BCUT2D eigenvalue weighted by Gasteiger charge is 2.27. The minimum absolute atomic E-state index is 0.225. The van der Waals surface area contributed by atoms with E-state index in [-0.39, 0.29) is 6.04 Å². The molecule has 3 unspecified atom stereocenters. The Balaban J connectivity index is 1.67. The van der Waals surface area contributed by atoms with Gasteiger partial charge in [-0.1, -0.05) is 42.4 Å². The Morgan fingerprint density at radius 3 is 2.80 bits per heavy atom. The first-order valence-corrected chi connectivity index (χ1v) is 7.35. The van der Waals surface area contributed by atoms with E-state index in [1.807, 2.05) is 18.2 Å². The summed E-state index contributed by atoms with van der Waals surface area (Å²) in [6.45, 7) is 2.28. The summed E-state index contributed by atoms with van der Waals surface area (Å²) in [5, 5.41) is 4.13. The lowest BCUT2D eigenvalue weighted by molar-refractivity contribution is 0.347. The number of benzene rings is 1. The molecule has 0 amide bonds. The molecule has 1 aliphatic carbocycles. The van der Waals surface area contributed by atoms with Gasteiger partial charge in [-0.25, -0.2) is 0 Å². The quantitative estimate of drug-likeness (QED) is 0.927. The Kier molecular flexibility index (Phi) is 3.83. The van der Waals surface area contributed by atoms with E-state index < -0.39 is 0 Å². The molecular formula is C16H21N3O. The lowest BCUT2D eigenvalue weighted by atomic mass is 10.1. The largest absolute Gasteiger partial charge is 0.338 e. The summed E-state index contributed by atoms with van der Waals surface area (Å²) in [5.74, 6) is 2.61. The minimum Gasteiger partial charge on any atom is -0.338 e. The maximum Gasteiger partial charge on any atom is 0.243 e. The van der Waals surface area contributed by atoms with Crippen LogP contribution in [0.4, 0.5) is 0 Å². The van der Waals surface area contributed by atoms with Crippen molar-refractivity contribution in [3.05, 3.63) is 47.6 Å². The standard InChI is InChI=1S/C16H21N3O/c1-11-7-8-13(9-11)15-18-16(20-19-15)14(17)10-12-5-3-2-4-6-12/h2-6,11,13-14H,7-10,17H2,1H3. The molecule has 106 valence electrons. The summed E-state index contributed by atoms with van der Waals surface area (Å²) in [6, 6.07) is 9.94. The first kappa shape index (κ1) is 13.3. The van der Waals surface area contributed by atoms with Crippen molar-refractivity contribution < 1.29 is 4.52 Å². The van der Waals surface area contributed by atoms with Crippen LogP contribution in [0.25, 0.3) is 0 Å². The van der Waals surface area contributed by atoms with Crippen LogP contribution in [0.2, 0.25) is 0 Å². The zero-order chi connectivity index (χ0) is 13.9. The molecule has 4 nitrogen and oxygen atoms in total. The first-order valence-electron chi connectivity index (χ1n) is 7.35. The van der Waals surface area contributed by atoms with Crippen molar-refractivity contribution in [2.45, 2.75) is 44.6 Å². The van der Waals surface area contributed by atoms with Crippen molar-refractivity contribution in [1.29, 1.82) is 0 Å². The molecule has 1 aliphatic rings. The molecule has 1 heterocycles. The summed E-state index contributed by atoms with van der Waals surface area (Å²) in [5.41, 5.74) is 7.36. The molecule has 1 aromatic carbocycles. The fourth-order valence-electron chi connectivity index (χ4n) is 2.96. The zero-order valence-corrected chi connectivity index (χ0v) is 11.8. The third-order valence-electron chi connectivity index (χ3n) is 4.13. The second-order valence-corrected chi connectivity index (χ2v) is 5.90. The van der Waals surface area contributed by atoms with Gasteiger partial charge in [-0.3, -0.25) is 0 Å². The summed E-state index contributed by atoms with van der Waals surface area (Å²) in [6.07, 6.45) is 4.30. The van der Waals surface area contributed by atoms with Crippen LogP contribution >= 0.6 is 0 Å². The molecule has 3 atom stereocenters. The molecule has 2 aromatic rings. The third kappa shape index (κ3) is 2.90. The first-order chi connectivity index (χ1) is 9.72. The molecule has 2 N–H and O–H groups in total. The second-order valence-electron chi connectivity index (χ2n) is 5.90. The molecule has 0 saturated heterocycles. The number of nitrogens with two attached hydrogens (primary N) is 1. The van der Waals surface area contributed by atoms with Crippen LogP contribution in [-0.2, 0) is 6.42 Å². The second kappa shape index (κ2) is 5.75. The van der Waals surface area contributed by atoms with Crippen LogP contribution in [0.1, 0.15) is 55.4 Å². The van der Waals surface area contributed by atoms with Crippen LogP contribution < -0.4 is 5.73 Å². The predicted molar refractivity (Wildman–Crippen MR) is 77.1 cm³/mol. The molecule has 0 spiro atoms. The van der Waals surface area contributed by atoms with Gasteiger partial charge in [0.2, 0.25) is 5.89 Å². The molecule has 0 bridgehead atoms. The monoisotopic (exact) mass is 271 g/mol.